The fourth-order valence-corrected chi connectivity index (χ4v) is 4.29. The maximum atomic E-state index is 12.0. The number of rotatable bonds is 6. The molecule has 0 aliphatic heterocycles. The summed E-state index contributed by atoms with van der Waals surface area (Å²) < 4.78 is 5.48. The van der Waals surface area contributed by atoms with E-state index >= 15 is 0 Å². The third-order valence-electron chi connectivity index (χ3n) is 6.34. The van der Waals surface area contributed by atoms with E-state index in [9.17, 15) is 19.8 Å². The molecule has 160 valence electrons. The van der Waals surface area contributed by atoms with Gasteiger partial charge in [-0.15, -0.1) is 0 Å². The van der Waals surface area contributed by atoms with Crippen molar-refractivity contribution in [2.45, 2.75) is 30.6 Å². The molecule has 1 fully saturated rings. The number of aliphatic carboxylic acids is 1. The second-order valence-corrected chi connectivity index (χ2v) is 8.27. The van der Waals surface area contributed by atoms with Crippen molar-refractivity contribution in [1.29, 1.82) is 0 Å². The average molecular weight is 427 g/mol. The van der Waals surface area contributed by atoms with E-state index in [2.05, 4.69) is 5.16 Å². The summed E-state index contributed by atoms with van der Waals surface area (Å²) in [5.41, 5.74) is 3.17. The molecule has 0 bridgehead atoms. The molecule has 2 aromatic carbocycles. The molecular formula is C26H21NO5. The summed E-state index contributed by atoms with van der Waals surface area (Å²) in [4.78, 5) is 23.5. The van der Waals surface area contributed by atoms with Gasteiger partial charge in [-0.05, 0) is 36.0 Å². The summed E-state index contributed by atoms with van der Waals surface area (Å²) in [6, 6.07) is 15.0. The molecule has 3 aromatic rings. The number of nitrogens with zero attached hydrogens (tertiary/aromatic N) is 1. The standard InChI is InChI=1S/C26H21NO5/c28-24(29)21-22(18-4-2-1-3-5-18)27-32-23(21)19-8-6-16(7-9-19)17-10-12-20(13-11-17)26(14-15-26)25(30)31/h1-4,6-13,18H,5,14-15H2,(H,28,29)(H,30,31). The molecule has 0 saturated heterocycles. The van der Waals surface area contributed by atoms with Crippen LogP contribution in [0.15, 0.2) is 77.4 Å². The Morgan fingerprint density at radius 2 is 1.53 bits per heavy atom. The number of benzene rings is 2. The molecule has 1 heterocycles. The summed E-state index contributed by atoms with van der Waals surface area (Å²) in [6.45, 7) is 0. The summed E-state index contributed by atoms with van der Waals surface area (Å²) >= 11 is 0. The number of aromatic carboxylic acids is 1. The zero-order chi connectivity index (χ0) is 22.3. The lowest BCUT2D eigenvalue weighted by Gasteiger charge is -2.11. The molecule has 1 atom stereocenters. The molecule has 6 nitrogen and oxygen atoms in total. The third kappa shape index (κ3) is 3.34. The Balaban J connectivity index is 1.42. The van der Waals surface area contributed by atoms with Crippen molar-refractivity contribution in [2.75, 3.05) is 0 Å². The van der Waals surface area contributed by atoms with Crippen molar-refractivity contribution in [3.63, 3.8) is 0 Å². The van der Waals surface area contributed by atoms with Crippen LogP contribution in [-0.2, 0) is 10.2 Å². The second kappa shape index (κ2) is 7.64. The van der Waals surface area contributed by atoms with Crippen molar-refractivity contribution in [3.8, 4) is 22.5 Å². The summed E-state index contributed by atoms with van der Waals surface area (Å²) in [5.74, 6) is -1.71. The summed E-state index contributed by atoms with van der Waals surface area (Å²) in [5, 5.41) is 23.4. The molecule has 1 saturated carbocycles. The predicted molar refractivity (Wildman–Crippen MR) is 119 cm³/mol. The molecule has 2 N–H and O–H groups in total. The first-order valence-electron chi connectivity index (χ1n) is 10.5. The van der Waals surface area contributed by atoms with Gasteiger partial charge in [0.15, 0.2) is 5.76 Å². The molecule has 0 amide bonds. The highest BCUT2D eigenvalue weighted by Gasteiger charge is 2.51. The van der Waals surface area contributed by atoms with Crippen LogP contribution in [0.1, 0.15) is 46.8 Å². The molecule has 0 radical (unpaired) electrons. The molecule has 2 aliphatic rings. The number of carboxylic acid groups (broad SMARTS) is 2. The van der Waals surface area contributed by atoms with Gasteiger partial charge in [-0.1, -0.05) is 78.0 Å². The molecule has 1 aromatic heterocycles. The summed E-state index contributed by atoms with van der Waals surface area (Å²) in [6.07, 6.45) is 9.75. The van der Waals surface area contributed by atoms with Gasteiger partial charge in [0, 0.05) is 11.5 Å². The highest BCUT2D eigenvalue weighted by Crippen LogP contribution is 2.48. The van der Waals surface area contributed by atoms with Crippen LogP contribution in [0.2, 0.25) is 0 Å². The van der Waals surface area contributed by atoms with E-state index in [4.69, 9.17) is 4.52 Å². The van der Waals surface area contributed by atoms with Gasteiger partial charge in [-0.25, -0.2) is 4.79 Å². The van der Waals surface area contributed by atoms with E-state index in [0.29, 0.717) is 30.5 Å². The van der Waals surface area contributed by atoms with Crippen molar-refractivity contribution < 1.29 is 24.3 Å². The van der Waals surface area contributed by atoms with Crippen LogP contribution < -0.4 is 0 Å². The van der Waals surface area contributed by atoms with Crippen LogP contribution >= 0.6 is 0 Å². The van der Waals surface area contributed by atoms with Gasteiger partial charge in [0.25, 0.3) is 0 Å². The Hall–Kier alpha value is -3.93. The highest BCUT2D eigenvalue weighted by molar-refractivity contribution is 5.96. The minimum Gasteiger partial charge on any atom is -0.481 e. The molecule has 5 rings (SSSR count). The number of carbonyl (C=O) groups is 2. The van der Waals surface area contributed by atoms with Gasteiger partial charge in [0.1, 0.15) is 11.3 Å². The molecule has 1 unspecified atom stereocenters. The first-order chi connectivity index (χ1) is 15.5. The maximum Gasteiger partial charge on any atom is 0.341 e. The molecule has 6 heteroatoms. The maximum absolute atomic E-state index is 12.0. The Morgan fingerprint density at radius 3 is 2.06 bits per heavy atom. The normalized spacial score (nSPS) is 18.4. The highest BCUT2D eigenvalue weighted by atomic mass is 16.5. The molecule has 2 aliphatic carbocycles. The minimum absolute atomic E-state index is 0.0930. The zero-order valence-electron chi connectivity index (χ0n) is 17.2. The SMILES string of the molecule is O=C(O)c1c(C2C=CC=CC2)noc1-c1ccc(-c2ccc(C3(C(=O)O)CC3)cc2)cc1. The molecular weight excluding hydrogens is 406 g/mol. The number of hydrogen-bond donors (Lipinski definition) is 2. The molecule has 0 spiro atoms. The van der Waals surface area contributed by atoms with E-state index in [1.807, 2.05) is 72.8 Å². The van der Waals surface area contributed by atoms with Gasteiger partial charge in [0.05, 0.1) is 5.41 Å². The van der Waals surface area contributed by atoms with E-state index < -0.39 is 17.4 Å². The Bertz CT molecular complexity index is 1240. The lowest BCUT2D eigenvalue weighted by molar-refractivity contribution is -0.140. The minimum atomic E-state index is -1.06. The van der Waals surface area contributed by atoms with E-state index in [1.54, 1.807) is 0 Å². The first kappa shape index (κ1) is 20.0. The van der Waals surface area contributed by atoms with E-state index in [0.717, 1.165) is 16.7 Å². The fraction of sp³-hybridized carbons (Fsp3) is 0.192. The quantitative estimate of drug-likeness (QED) is 0.545. The van der Waals surface area contributed by atoms with Crippen molar-refractivity contribution in [3.05, 3.63) is 89.7 Å². The third-order valence-corrected chi connectivity index (χ3v) is 6.34. The van der Waals surface area contributed by atoms with Gasteiger partial charge >= 0.3 is 11.9 Å². The smallest absolute Gasteiger partial charge is 0.341 e. The first-order valence-corrected chi connectivity index (χ1v) is 10.5. The van der Waals surface area contributed by atoms with Gasteiger partial charge in [-0.3, -0.25) is 4.79 Å². The topological polar surface area (TPSA) is 101 Å². The lowest BCUT2D eigenvalue weighted by atomic mass is 9.92. The number of aromatic nitrogens is 1. The van der Waals surface area contributed by atoms with Crippen LogP contribution in [0, 0.1) is 0 Å². The van der Waals surface area contributed by atoms with Gasteiger partial charge < -0.3 is 14.7 Å². The van der Waals surface area contributed by atoms with Crippen molar-refractivity contribution in [1.82, 2.24) is 5.16 Å². The van der Waals surface area contributed by atoms with Crippen LogP contribution in [0.25, 0.3) is 22.5 Å². The zero-order valence-corrected chi connectivity index (χ0v) is 17.2. The average Bonchev–Trinajstić information content (AvgIpc) is 3.52. The Labute approximate surface area is 184 Å². The van der Waals surface area contributed by atoms with Crippen LogP contribution in [0.5, 0.6) is 0 Å². The number of carboxylic acids is 2. The fourth-order valence-electron chi connectivity index (χ4n) is 4.29. The lowest BCUT2D eigenvalue weighted by Crippen LogP contribution is -2.19. The Kier molecular flexibility index (Phi) is 4.78. The van der Waals surface area contributed by atoms with Gasteiger partial charge in [-0.2, -0.15) is 0 Å². The largest absolute Gasteiger partial charge is 0.481 e. The number of allylic oxidation sites excluding steroid dienone is 4. The molecule has 32 heavy (non-hydrogen) atoms. The summed E-state index contributed by atoms with van der Waals surface area (Å²) in [7, 11) is 0. The number of hydrogen-bond acceptors (Lipinski definition) is 4. The van der Waals surface area contributed by atoms with E-state index in [-0.39, 0.29) is 17.2 Å². The predicted octanol–water partition coefficient (Wildman–Crippen LogP) is 5.42. The van der Waals surface area contributed by atoms with Crippen molar-refractivity contribution >= 4 is 11.9 Å². The van der Waals surface area contributed by atoms with Crippen LogP contribution in [-0.4, -0.2) is 27.3 Å². The van der Waals surface area contributed by atoms with Gasteiger partial charge in [0.2, 0.25) is 0 Å². The Morgan fingerprint density at radius 1 is 0.906 bits per heavy atom. The van der Waals surface area contributed by atoms with Crippen molar-refractivity contribution in [2.24, 2.45) is 0 Å². The monoisotopic (exact) mass is 427 g/mol. The van der Waals surface area contributed by atoms with Crippen LogP contribution in [0.3, 0.4) is 0 Å². The van der Waals surface area contributed by atoms with Crippen LogP contribution in [0.4, 0.5) is 0 Å². The van der Waals surface area contributed by atoms with E-state index in [1.165, 1.54) is 0 Å². The second-order valence-electron chi connectivity index (χ2n) is 8.27.